The van der Waals surface area contributed by atoms with Gasteiger partial charge >= 0.3 is 0 Å². The lowest BCUT2D eigenvalue weighted by atomic mass is 9.99. The summed E-state index contributed by atoms with van der Waals surface area (Å²) >= 11 is 0. The minimum absolute atomic E-state index is 0.103. The van der Waals surface area contributed by atoms with Crippen molar-refractivity contribution in [2.24, 2.45) is 10.9 Å². The zero-order valence-electron chi connectivity index (χ0n) is 19.2. The van der Waals surface area contributed by atoms with Gasteiger partial charge in [-0.3, -0.25) is 9.48 Å². The fourth-order valence-electron chi connectivity index (χ4n) is 4.22. The summed E-state index contributed by atoms with van der Waals surface area (Å²) in [6.45, 7) is 5.73. The molecule has 0 spiro atoms. The largest absolute Gasteiger partial charge is 0.357 e. The van der Waals surface area contributed by atoms with Gasteiger partial charge in [-0.25, -0.2) is 4.99 Å². The molecule has 1 atom stereocenters. The predicted molar refractivity (Wildman–Crippen MR) is 132 cm³/mol. The van der Waals surface area contributed by atoms with Crippen LogP contribution in [0.4, 0.5) is 5.69 Å². The maximum atomic E-state index is 12.3. The van der Waals surface area contributed by atoms with Crippen LogP contribution in [0, 0.1) is 5.92 Å². The second kappa shape index (κ2) is 11.3. The fraction of sp³-hybridized carbons (Fsp3) is 0.346. The van der Waals surface area contributed by atoms with Gasteiger partial charge in [0, 0.05) is 37.7 Å². The van der Waals surface area contributed by atoms with Gasteiger partial charge in [-0.1, -0.05) is 42.5 Å². The molecule has 2 N–H and O–H groups in total. The first-order chi connectivity index (χ1) is 16.2. The maximum Gasteiger partial charge on any atom is 0.246 e. The van der Waals surface area contributed by atoms with E-state index in [2.05, 4.69) is 57.9 Å². The van der Waals surface area contributed by atoms with Gasteiger partial charge in [0.25, 0.3) is 0 Å². The number of likely N-dealkylation sites (tertiary alicyclic amines) is 1. The van der Waals surface area contributed by atoms with Crippen LogP contribution < -0.4 is 10.6 Å². The molecule has 1 aromatic heterocycles. The number of hydrogen-bond acceptors (Lipinski definition) is 3. The highest BCUT2D eigenvalue weighted by Gasteiger charge is 2.24. The van der Waals surface area contributed by atoms with Gasteiger partial charge in [0.2, 0.25) is 5.91 Å². The summed E-state index contributed by atoms with van der Waals surface area (Å²) in [5.41, 5.74) is 3.23. The van der Waals surface area contributed by atoms with Gasteiger partial charge in [-0.05, 0) is 55.0 Å². The van der Waals surface area contributed by atoms with Crippen LogP contribution in [-0.2, 0) is 24.3 Å². The van der Waals surface area contributed by atoms with Crippen molar-refractivity contribution >= 4 is 17.6 Å². The Bertz CT molecular complexity index is 1050. The zero-order chi connectivity index (χ0) is 22.9. The molecule has 33 heavy (non-hydrogen) atoms. The number of nitrogens with one attached hydrogen (secondary N) is 2. The Balaban J connectivity index is 1.34. The lowest BCUT2D eigenvalue weighted by Gasteiger charge is -2.22. The average molecular weight is 445 g/mol. The summed E-state index contributed by atoms with van der Waals surface area (Å²) in [5, 5.41) is 10.5. The summed E-state index contributed by atoms with van der Waals surface area (Å²) in [4.78, 5) is 19.5. The van der Waals surface area contributed by atoms with Gasteiger partial charge in [0.05, 0.1) is 6.54 Å². The first kappa shape index (κ1) is 22.6. The molecule has 172 valence electrons. The van der Waals surface area contributed by atoms with Gasteiger partial charge in [0.15, 0.2) is 5.96 Å². The van der Waals surface area contributed by atoms with Crippen molar-refractivity contribution in [3.8, 4) is 0 Å². The van der Waals surface area contributed by atoms with Crippen molar-refractivity contribution in [1.82, 2.24) is 20.0 Å². The molecule has 4 rings (SSSR count). The number of amides is 1. The lowest BCUT2D eigenvalue weighted by molar-refractivity contribution is -0.116. The second-order valence-electron chi connectivity index (χ2n) is 8.41. The van der Waals surface area contributed by atoms with E-state index in [4.69, 9.17) is 4.99 Å². The fourth-order valence-corrected chi connectivity index (χ4v) is 4.22. The van der Waals surface area contributed by atoms with E-state index in [0.717, 1.165) is 43.3 Å². The summed E-state index contributed by atoms with van der Waals surface area (Å²) < 4.78 is 1.60. The van der Waals surface area contributed by atoms with Gasteiger partial charge in [0.1, 0.15) is 6.54 Å². The number of carbonyl (C=O) groups excluding carboxylic acids is 1. The topological polar surface area (TPSA) is 74.5 Å². The number of hydrogen-bond donors (Lipinski definition) is 2. The number of carbonyl (C=O) groups is 1. The number of nitrogens with zero attached hydrogens (tertiary/aromatic N) is 4. The van der Waals surface area contributed by atoms with Crippen LogP contribution in [0.25, 0.3) is 0 Å². The van der Waals surface area contributed by atoms with Crippen LogP contribution in [0.1, 0.15) is 24.5 Å². The lowest BCUT2D eigenvalue weighted by Crippen LogP contribution is -2.40. The molecule has 1 aliphatic heterocycles. The zero-order valence-corrected chi connectivity index (χ0v) is 19.2. The molecule has 1 fully saturated rings. The minimum Gasteiger partial charge on any atom is -0.357 e. The average Bonchev–Trinajstić information content (AvgIpc) is 3.50. The monoisotopic (exact) mass is 444 g/mol. The summed E-state index contributed by atoms with van der Waals surface area (Å²) in [5.74, 6) is 1.50. The van der Waals surface area contributed by atoms with Crippen LogP contribution >= 0.6 is 0 Å². The summed E-state index contributed by atoms with van der Waals surface area (Å²) in [6, 6.07) is 20.4. The highest BCUT2D eigenvalue weighted by molar-refractivity contribution is 5.90. The van der Waals surface area contributed by atoms with Crippen LogP contribution in [0.3, 0.4) is 0 Å². The molecule has 3 aromatic rings. The Morgan fingerprint density at radius 3 is 2.76 bits per heavy atom. The van der Waals surface area contributed by atoms with Crippen molar-refractivity contribution in [3.05, 3.63) is 84.2 Å². The Kier molecular flexibility index (Phi) is 7.74. The smallest absolute Gasteiger partial charge is 0.246 e. The Hall–Kier alpha value is -3.61. The van der Waals surface area contributed by atoms with Crippen molar-refractivity contribution in [1.29, 1.82) is 0 Å². The van der Waals surface area contributed by atoms with Crippen molar-refractivity contribution in [2.75, 3.05) is 25.0 Å². The van der Waals surface area contributed by atoms with Gasteiger partial charge in [-0.2, -0.15) is 5.10 Å². The predicted octanol–water partition coefficient (Wildman–Crippen LogP) is 3.55. The molecular weight excluding hydrogens is 412 g/mol. The Morgan fingerprint density at radius 1 is 1.12 bits per heavy atom. The summed E-state index contributed by atoms with van der Waals surface area (Å²) in [7, 11) is 0. The van der Waals surface area contributed by atoms with Crippen LogP contribution in [-0.4, -0.2) is 46.2 Å². The van der Waals surface area contributed by atoms with Crippen LogP contribution in [0.2, 0.25) is 0 Å². The molecule has 0 bridgehead atoms. The number of aliphatic imine (C=N–C) groups is 1. The minimum atomic E-state index is -0.103. The standard InChI is InChI=1S/C26H32N6O/c1-2-27-26(31-15-12-23(19-31)16-21-8-4-3-5-9-21)28-18-22-10-6-11-24(17-22)30-25(33)20-32-14-7-13-29-32/h3-11,13-14,17,23H,2,12,15-16,18-20H2,1H3,(H,27,28)(H,30,33). The highest BCUT2D eigenvalue weighted by atomic mass is 16.2. The third-order valence-electron chi connectivity index (χ3n) is 5.77. The molecule has 0 aliphatic carbocycles. The van der Waals surface area contributed by atoms with E-state index in [9.17, 15) is 4.79 Å². The number of guanidine groups is 1. The number of benzene rings is 2. The quantitative estimate of drug-likeness (QED) is 0.412. The highest BCUT2D eigenvalue weighted by Crippen LogP contribution is 2.21. The van der Waals surface area contributed by atoms with E-state index in [1.165, 1.54) is 12.0 Å². The normalized spacial score (nSPS) is 16.1. The molecular formula is C26H32N6O. The van der Waals surface area contributed by atoms with E-state index in [-0.39, 0.29) is 12.5 Å². The maximum absolute atomic E-state index is 12.3. The SMILES string of the molecule is CCNC(=NCc1cccc(NC(=O)Cn2cccn2)c1)N1CCC(Cc2ccccc2)C1. The Labute approximate surface area is 195 Å². The van der Waals surface area contributed by atoms with E-state index in [1.807, 2.05) is 24.3 Å². The van der Waals surface area contributed by atoms with E-state index in [0.29, 0.717) is 12.5 Å². The number of anilines is 1. The van der Waals surface area contributed by atoms with Crippen molar-refractivity contribution in [2.45, 2.75) is 32.9 Å². The molecule has 0 saturated carbocycles. The third kappa shape index (κ3) is 6.68. The molecule has 1 unspecified atom stereocenters. The van der Waals surface area contributed by atoms with Crippen LogP contribution in [0.5, 0.6) is 0 Å². The molecule has 7 nitrogen and oxygen atoms in total. The molecule has 1 amide bonds. The first-order valence-corrected chi connectivity index (χ1v) is 11.6. The Morgan fingerprint density at radius 2 is 1.97 bits per heavy atom. The number of aromatic nitrogens is 2. The first-order valence-electron chi connectivity index (χ1n) is 11.6. The van der Waals surface area contributed by atoms with E-state index < -0.39 is 0 Å². The molecule has 2 heterocycles. The van der Waals surface area contributed by atoms with E-state index in [1.54, 1.807) is 23.1 Å². The van der Waals surface area contributed by atoms with Crippen molar-refractivity contribution < 1.29 is 4.79 Å². The number of rotatable bonds is 8. The molecule has 1 aliphatic rings. The second-order valence-corrected chi connectivity index (χ2v) is 8.41. The van der Waals surface area contributed by atoms with Gasteiger partial charge < -0.3 is 15.5 Å². The molecule has 7 heteroatoms. The van der Waals surface area contributed by atoms with E-state index >= 15 is 0 Å². The third-order valence-corrected chi connectivity index (χ3v) is 5.77. The van der Waals surface area contributed by atoms with Gasteiger partial charge in [-0.15, -0.1) is 0 Å². The molecule has 2 aromatic carbocycles. The van der Waals surface area contributed by atoms with Crippen LogP contribution in [0.15, 0.2) is 78.0 Å². The van der Waals surface area contributed by atoms with Crippen molar-refractivity contribution in [3.63, 3.8) is 0 Å². The summed E-state index contributed by atoms with van der Waals surface area (Å²) in [6.07, 6.45) is 5.72. The molecule has 0 radical (unpaired) electrons. The molecule has 1 saturated heterocycles.